The summed E-state index contributed by atoms with van der Waals surface area (Å²) in [6.07, 6.45) is 0. The van der Waals surface area contributed by atoms with E-state index in [1.807, 2.05) is 0 Å². The maximum Gasteiger partial charge on any atom is 0.504 e. The van der Waals surface area contributed by atoms with Crippen LogP contribution in [0.2, 0.25) is 0 Å². The minimum Gasteiger partial charge on any atom is -0.539 e. The van der Waals surface area contributed by atoms with Crippen LogP contribution in [0.25, 0.3) is 0 Å². The van der Waals surface area contributed by atoms with Crippen molar-refractivity contribution < 1.29 is 14.5 Å². The minimum absolute atomic E-state index is 0.0154. The Morgan fingerprint density at radius 3 is 2.92 bits per heavy atom. The predicted octanol–water partition coefficient (Wildman–Crippen LogP) is 0.527. The summed E-state index contributed by atoms with van der Waals surface area (Å²) in [4.78, 5) is 10.9. The summed E-state index contributed by atoms with van der Waals surface area (Å²) in [7, 11) is -0.374. The second kappa shape index (κ2) is 3.92. The molecule has 0 amide bonds. The molecule has 0 saturated carbocycles. The zero-order valence-electron chi connectivity index (χ0n) is 6.78. The molecule has 12 heavy (non-hydrogen) atoms. The van der Waals surface area contributed by atoms with Crippen molar-refractivity contribution in [1.29, 1.82) is 0 Å². The van der Waals surface area contributed by atoms with Crippen molar-refractivity contribution in [3.63, 3.8) is 0 Å². The van der Waals surface area contributed by atoms with E-state index in [9.17, 15) is 4.79 Å². The SMILES string of the molecule is CC(=O)c1cccc(OBO)c1. The third-order valence-electron chi connectivity index (χ3n) is 1.47. The van der Waals surface area contributed by atoms with Crippen molar-refractivity contribution in [2.24, 2.45) is 0 Å². The summed E-state index contributed by atoms with van der Waals surface area (Å²) in [5, 5.41) is 8.44. The highest BCUT2D eigenvalue weighted by molar-refractivity contribution is 6.17. The van der Waals surface area contributed by atoms with Gasteiger partial charge in [0, 0.05) is 5.56 Å². The molecule has 3 nitrogen and oxygen atoms in total. The topological polar surface area (TPSA) is 46.5 Å². The molecule has 1 aromatic rings. The van der Waals surface area contributed by atoms with Gasteiger partial charge in [0.25, 0.3) is 0 Å². The Hall–Kier alpha value is -1.29. The van der Waals surface area contributed by atoms with E-state index in [4.69, 9.17) is 9.68 Å². The largest absolute Gasteiger partial charge is 0.539 e. The first kappa shape index (κ1) is 8.81. The Balaban J connectivity index is 2.88. The van der Waals surface area contributed by atoms with Gasteiger partial charge in [-0.2, -0.15) is 0 Å². The van der Waals surface area contributed by atoms with Crippen LogP contribution >= 0.6 is 0 Å². The van der Waals surface area contributed by atoms with Gasteiger partial charge >= 0.3 is 7.69 Å². The van der Waals surface area contributed by atoms with Gasteiger partial charge in [-0.15, -0.1) is 0 Å². The predicted molar refractivity (Wildman–Crippen MR) is 46.4 cm³/mol. The molecule has 0 aromatic heterocycles. The van der Waals surface area contributed by atoms with Crippen LogP contribution in [0, 0.1) is 0 Å². The normalized spacial score (nSPS) is 9.17. The van der Waals surface area contributed by atoms with Gasteiger partial charge in [-0.25, -0.2) is 0 Å². The van der Waals surface area contributed by atoms with Gasteiger partial charge in [-0.3, -0.25) is 4.79 Å². The molecule has 0 bridgehead atoms. The van der Waals surface area contributed by atoms with Crippen LogP contribution in [-0.2, 0) is 0 Å². The number of ketones is 1. The number of carbonyl (C=O) groups excluding carboxylic acids is 1. The van der Waals surface area contributed by atoms with Crippen LogP contribution in [0.5, 0.6) is 5.75 Å². The molecular formula is C8H9BO3. The summed E-state index contributed by atoms with van der Waals surface area (Å²) in [6.45, 7) is 1.48. The van der Waals surface area contributed by atoms with Crippen molar-refractivity contribution in [2.75, 3.05) is 0 Å². The lowest BCUT2D eigenvalue weighted by Gasteiger charge is -2.02. The summed E-state index contributed by atoms with van der Waals surface area (Å²) < 4.78 is 4.80. The van der Waals surface area contributed by atoms with E-state index in [0.717, 1.165) is 0 Å². The first-order valence-electron chi connectivity index (χ1n) is 3.58. The Bertz CT molecular complexity index is 285. The number of Topliss-reactive ketones (excluding diaryl/α,β-unsaturated/α-hetero) is 1. The molecule has 0 aliphatic rings. The summed E-state index contributed by atoms with van der Waals surface area (Å²) in [5.41, 5.74) is 0.584. The molecule has 1 rings (SSSR count). The fraction of sp³-hybridized carbons (Fsp3) is 0.125. The fourth-order valence-electron chi connectivity index (χ4n) is 0.879. The van der Waals surface area contributed by atoms with E-state index in [1.165, 1.54) is 6.92 Å². The zero-order chi connectivity index (χ0) is 8.97. The van der Waals surface area contributed by atoms with E-state index < -0.39 is 0 Å². The van der Waals surface area contributed by atoms with E-state index in [0.29, 0.717) is 11.3 Å². The summed E-state index contributed by atoms with van der Waals surface area (Å²) in [5.74, 6) is 0.489. The van der Waals surface area contributed by atoms with Gasteiger partial charge < -0.3 is 9.68 Å². The van der Waals surface area contributed by atoms with Crippen LogP contribution in [-0.4, -0.2) is 18.5 Å². The highest BCUT2D eigenvalue weighted by atomic mass is 16.5. The number of rotatable bonds is 3. The maximum absolute atomic E-state index is 10.9. The van der Waals surface area contributed by atoms with Gasteiger partial charge in [0.15, 0.2) is 5.78 Å². The van der Waals surface area contributed by atoms with Crippen molar-refractivity contribution >= 4 is 13.5 Å². The van der Waals surface area contributed by atoms with E-state index in [1.54, 1.807) is 24.3 Å². The number of hydrogen-bond acceptors (Lipinski definition) is 3. The fourth-order valence-corrected chi connectivity index (χ4v) is 0.879. The third-order valence-corrected chi connectivity index (χ3v) is 1.47. The maximum atomic E-state index is 10.9. The number of carbonyl (C=O) groups is 1. The van der Waals surface area contributed by atoms with E-state index in [-0.39, 0.29) is 13.5 Å². The Morgan fingerprint density at radius 1 is 1.58 bits per heavy atom. The first-order chi connectivity index (χ1) is 5.74. The highest BCUT2D eigenvalue weighted by Gasteiger charge is 2.00. The molecule has 0 heterocycles. The number of hydrogen-bond donors (Lipinski definition) is 1. The molecule has 4 heteroatoms. The van der Waals surface area contributed by atoms with Crippen LogP contribution in [0.3, 0.4) is 0 Å². The molecule has 62 valence electrons. The van der Waals surface area contributed by atoms with Gasteiger partial charge in [0.05, 0.1) is 0 Å². The smallest absolute Gasteiger partial charge is 0.504 e. The number of benzene rings is 1. The molecule has 0 atom stereocenters. The first-order valence-corrected chi connectivity index (χ1v) is 3.58. The standard InChI is InChI=1S/C8H9BO3/c1-6(10)7-3-2-4-8(5-7)12-9-11/h2-5,9,11H,1H3. The molecule has 0 saturated heterocycles. The molecule has 1 aromatic carbocycles. The third kappa shape index (κ3) is 2.10. The quantitative estimate of drug-likeness (QED) is 0.523. The van der Waals surface area contributed by atoms with Crippen LogP contribution in [0.1, 0.15) is 17.3 Å². The van der Waals surface area contributed by atoms with Crippen molar-refractivity contribution in [3.05, 3.63) is 29.8 Å². The molecule has 0 fully saturated rings. The van der Waals surface area contributed by atoms with E-state index >= 15 is 0 Å². The second-order valence-corrected chi connectivity index (χ2v) is 2.36. The Morgan fingerprint density at radius 2 is 2.33 bits per heavy atom. The lowest BCUT2D eigenvalue weighted by atomic mass is 10.1. The molecule has 0 spiro atoms. The van der Waals surface area contributed by atoms with Crippen LogP contribution < -0.4 is 4.65 Å². The van der Waals surface area contributed by atoms with Gasteiger partial charge in [0.2, 0.25) is 0 Å². The summed E-state index contributed by atoms with van der Waals surface area (Å²) >= 11 is 0. The van der Waals surface area contributed by atoms with Crippen LogP contribution in [0.4, 0.5) is 0 Å². The van der Waals surface area contributed by atoms with Gasteiger partial charge in [0.1, 0.15) is 5.75 Å². The minimum atomic E-state index is -0.374. The molecule has 0 unspecified atom stereocenters. The van der Waals surface area contributed by atoms with Crippen molar-refractivity contribution in [2.45, 2.75) is 6.92 Å². The molecule has 0 radical (unpaired) electrons. The van der Waals surface area contributed by atoms with Crippen molar-refractivity contribution in [1.82, 2.24) is 0 Å². The Labute approximate surface area is 71.3 Å². The monoisotopic (exact) mass is 164 g/mol. The van der Waals surface area contributed by atoms with Gasteiger partial charge in [-0.05, 0) is 19.1 Å². The molecular weight excluding hydrogens is 155 g/mol. The van der Waals surface area contributed by atoms with Gasteiger partial charge in [-0.1, -0.05) is 12.1 Å². The molecule has 1 N–H and O–H groups in total. The van der Waals surface area contributed by atoms with Crippen molar-refractivity contribution in [3.8, 4) is 5.75 Å². The lowest BCUT2D eigenvalue weighted by molar-refractivity contribution is 0.101. The molecule has 0 aliphatic heterocycles. The second-order valence-electron chi connectivity index (χ2n) is 2.36. The zero-order valence-corrected chi connectivity index (χ0v) is 6.78. The lowest BCUT2D eigenvalue weighted by Crippen LogP contribution is -2.00. The average Bonchev–Trinajstić information content (AvgIpc) is 2.05. The van der Waals surface area contributed by atoms with Crippen LogP contribution in [0.15, 0.2) is 24.3 Å². The molecule has 0 aliphatic carbocycles. The van der Waals surface area contributed by atoms with E-state index in [2.05, 4.69) is 0 Å². The average molecular weight is 164 g/mol. The highest BCUT2D eigenvalue weighted by Crippen LogP contribution is 2.12. The Kier molecular flexibility index (Phi) is 2.88. The summed E-state index contributed by atoms with van der Waals surface area (Å²) in [6, 6.07) is 6.69.